The van der Waals surface area contributed by atoms with E-state index in [9.17, 15) is 35.9 Å². The first-order valence-electron chi connectivity index (χ1n) is 8.55. The Morgan fingerprint density at radius 2 is 1.66 bits per heavy atom. The molecular weight excluding hydrogens is 474 g/mol. The molecule has 14 heteroatoms. The van der Waals surface area contributed by atoms with E-state index in [1.165, 1.54) is 18.2 Å². The summed E-state index contributed by atoms with van der Waals surface area (Å²) in [4.78, 5) is 26.8. The van der Waals surface area contributed by atoms with Crippen molar-refractivity contribution < 1.29 is 50.1 Å². The highest BCUT2D eigenvalue weighted by atomic mass is 35.5. The van der Waals surface area contributed by atoms with Gasteiger partial charge in [0.05, 0.1) is 5.69 Å². The molecule has 32 heavy (non-hydrogen) atoms. The lowest BCUT2D eigenvalue weighted by atomic mass is 10.1. The van der Waals surface area contributed by atoms with Crippen LogP contribution in [-0.4, -0.2) is 41.8 Å². The van der Waals surface area contributed by atoms with Crippen LogP contribution in [0.25, 0.3) is 11.3 Å². The highest BCUT2D eigenvalue weighted by Gasteiger charge is 2.55. The van der Waals surface area contributed by atoms with E-state index in [0.717, 1.165) is 0 Å². The van der Waals surface area contributed by atoms with Crippen LogP contribution in [0.3, 0.4) is 0 Å². The number of hydrogen-bond acceptors (Lipinski definition) is 7. The third-order valence-corrected chi connectivity index (χ3v) is 4.16. The van der Waals surface area contributed by atoms with Crippen LogP contribution >= 0.6 is 11.6 Å². The Bertz CT molecular complexity index is 1020. The van der Waals surface area contributed by atoms with Crippen LogP contribution in [0.1, 0.15) is 5.56 Å². The average molecular weight is 485 g/mol. The Morgan fingerprint density at radius 3 is 2.22 bits per heavy atom. The van der Waals surface area contributed by atoms with Gasteiger partial charge in [0.25, 0.3) is 0 Å². The van der Waals surface area contributed by atoms with Crippen LogP contribution in [0.5, 0.6) is 5.88 Å². The number of nitrogens with zero attached hydrogens (tertiary/aromatic N) is 1. The van der Waals surface area contributed by atoms with Crippen LogP contribution in [0.15, 0.2) is 36.4 Å². The molecule has 1 aliphatic heterocycles. The first-order chi connectivity index (χ1) is 14.8. The quantitative estimate of drug-likeness (QED) is 0.403. The zero-order valence-corrected chi connectivity index (χ0v) is 16.3. The van der Waals surface area contributed by atoms with Gasteiger partial charge in [0, 0.05) is 22.7 Å². The highest BCUT2D eigenvalue weighted by Crippen LogP contribution is 2.33. The smallest absolute Gasteiger partial charge is 0.401 e. The maximum Gasteiger partial charge on any atom is 0.491 e. The minimum Gasteiger partial charge on any atom is -0.401 e. The predicted molar refractivity (Wildman–Crippen MR) is 94.0 cm³/mol. The van der Waals surface area contributed by atoms with Crippen LogP contribution in [0, 0.1) is 0 Å². The molecule has 2 heterocycles. The zero-order chi connectivity index (χ0) is 23.7. The molecule has 0 fully saturated rings. The molecule has 0 spiro atoms. The number of rotatable bonds is 3. The van der Waals surface area contributed by atoms with Crippen molar-refractivity contribution in [3.63, 3.8) is 0 Å². The van der Waals surface area contributed by atoms with Crippen molar-refractivity contribution in [3.05, 3.63) is 47.0 Å². The topological polar surface area (TPSA) is 86.8 Å². The second-order valence-corrected chi connectivity index (χ2v) is 6.77. The number of nitrogens with one attached hydrogen (secondary N) is 1. The fourth-order valence-corrected chi connectivity index (χ4v) is 2.76. The SMILES string of the molecule is O=C(OC1(OC(=O)C(F)(F)F)CNCc2ccc(-c3cccc(Cl)c3)nc2O1)C(F)(F)F. The van der Waals surface area contributed by atoms with Gasteiger partial charge in [0.1, 0.15) is 6.54 Å². The zero-order valence-electron chi connectivity index (χ0n) is 15.5. The lowest BCUT2D eigenvalue weighted by molar-refractivity contribution is -0.331. The molecule has 0 aliphatic carbocycles. The minimum atomic E-state index is -5.62. The molecule has 0 radical (unpaired) electrons. The Balaban J connectivity index is 2.03. The molecule has 0 saturated carbocycles. The minimum absolute atomic E-state index is 0.170. The number of aromatic nitrogens is 1. The highest BCUT2D eigenvalue weighted by molar-refractivity contribution is 6.30. The molecule has 0 unspecified atom stereocenters. The van der Waals surface area contributed by atoms with Crippen molar-refractivity contribution in [2.24, 2.45) is 0 Å². The predicted octanol–water partition coefficient (Wildman–Crippen LogP) is 3.75. The summed E-state index contributed by atoms with van der Waals surface area (Å²) in [6, 6.07) is 9.12. The van der Waals surface area contributed by atoms with Crippen LogP contribution < -0.4 is 10.1 Å². The number of fused-ring (bicyclic) bond motifs is 1. The fraction of sp³-hybridized carbons (Fsp3) is 0.278. The Kier molecular flexibility index (Phi) is 6.24. The number of pyridine rings is 1. The van der Waals surface area contributed by atoms with Crippen molar-refractivity contribution in [2.45, 2.75) is 24.9 Å². The number of alkyl halides is 6. The first-order valence-corrected chi connectivity index (χ1v) is 8.93. The lowest BCUT2D eigenvalue weighted by Gasteiger charge is -2.31. The lowest BCUT2D eigenvalue weighted by Crippen LogP contribution is -2.55. The number of halogens is 7. The molecule has 2 aromatic rings. The summed E-state index contributed by atoms with van der Waals surface area (Å²) in [5.41, 5.74) is 0.779. The summed E-state index contributed by atoms with van der Waals surface area (Å²) in [7, 11) is 0. The Morgan fingerprint density at radius 1 is 1.03 bits per heavy atom. The van der Waals surface area contributed by atoms with Gasteiger partial charge in [-0.25, -0.2) is 14.6 Å². The summed E-state index contributed by atoms with van der Waals surface area (Å²) < 4.78 is 89.5. The van der Waals surface area contributed by atoms with E-state index in [1.807, 2.05) is 0 Å². The molecule has 0 amide bonds. The molecule has 1 N–H and O–H groups in total. The van der Waals surface area contributed by atoms with E-state index >= 15 is 0 Å². The van der Waals surface area contributed by atoms with E-state index in [4.69, 9.17) is 16.3 Å². The van der Waals surface area contributed by atoms with Crippen LogP contribution in [0.4, 0.5) is 26.3 Å². The van der Waals surface area contributed by atoms with Gasteiger partial charge >= 0.3 is 30.3 Å². The number of ether oxygens (including phenoxy) is 3. The van der Waals surface area contributed by atoms with Gasteiger partial charge in [0.2, 0.25) is 5.88 Å². The van der Waals surface area contributed by atoms with Gasteiger partial charge in [0.15, 0.2) is 0 Å². The summed E-state index contributed by atoms with van der Waals surface area (Å²) in [5.74, 6) is -9.85. The van der Waals surface area contributed by atoms with Crippen molar-refractivity contribution in [3.8, 4) is 17.1 Å². The first kappa shape index (κ1) is 23.6. The van der Waals surface area contributed by atoms with Crippen molar-refractivity contribution in [2.75, 3.05) is 6.54 Å². The van der Waals surface area contributed by atoms with Gasteiger partial charge in [-0.1, -0.05) is 29.8 Å². The number of carbonyl (C=O) groups is 2. The molecule has 3 rings (SSSR count). The van der Waals surface area contributed by atoms with Gasteiger partial charge in [-0.05, 0) is 18.2 Å². The fourth-order valence-electron chi connectivity index (χ4n) is 2.57. The molecule has 7 nitrogen and oxygen atoms in total. The van der Waals surface area contributed by atoms with Crippen molar-refractivity contribution >= 4 is 23.5 Å². The molecule has 1 aromatic carbocycles. The van der Waals surface area contributed by atoms with Crippen LogP contribution in [-0.2, 0) is 25.6 Å². The number of esters is 2. The molecule has 0 bridgehead atoms. The van der Waals surface area contributed by atoms with Crippen LogP contribution in [0.2, 0.25) is 5.02 Å². The molecule has 0 saturated heterocycles. The second kappa shape index (κ2) is 8.47. The maximum atomic E-state index is 12.7. The average Bonchev–Trinajstić information content (AvgIpc) is 2.84. The number of benzene rings is 1. The van der Waals surface area contributed by atoms with Gasteiger partial charge < -0.3 is 19.5 Å². The number of hydrogen-bond donors (Lipinski definition) is 1. The molecule has 0 atom stereocenters. The Hall–Kier alpha value is -3.06. The third kappa shape index (κ3) is 5.40. The largest absolute Gasteiger partial charge is 0.491 e. The van der Waals surface area contributed by atoms with Crippen molar-refractivity contribution in [1.82, 2.24) is 10.3 Å². The van der Waals surface area contributed by atoms with E-state index in [0.29, 0.717) is 10.6 Å². The maximum absolute atomic E-state index is 12.7. The normalized spacial score (nSPS) is 15.7. The van der Waals surface area contributed by atoms with E-state index < -0.39 is 42.7 Å². The summed E-state index contributed by atoms with van der Waals surface area (Å²) in [5, 5.41) is 2.73. The van der Waals surface area contributed by atoms with Gasteiger partial charge in [-0.2, -0.15) is 26.3 Å². The standard InChI is InChI=1S/C18H11ClF6N2O5/c19-11-3-1-2-9(6-11)12-5-4-10-7-26-8-16(30-13(10)27-12,31-14(28)17(20,21)22)32-15(29)18(23,24)25/h1-6,26H,7-8H2. The van der Waals surface area contributed by atoms with E-state index in [1.54, 1.807) is 18.2 Å². The van der Waals surface area contributed by atoms with E-state index in [2.05, 4.69) is 19.8 Å². The number of carbonyl (C=O) groups excluding carboxylic acids is 2. The summed E-state index contributed by atoms with van der Waals surface area (Å²) >= 11 is 5.91. The molecule has 1 aromatic heterocycles. The van der Waals surface area contributed by atoms with Gasteiger partial charge in [-0.3, -0.25) is 0 Å². The van der Waals surface area contributed by atoms with Gasteiger partial charge in [-0.15, -0.1) is 0 Å². The summed E-state index contributed by atoms with van der Waals surface area (Å²) in [6.07, 6.45) is -11.2. The third-order valence-electron chi connectivity index (χ3n) is 3.93. The molecule has 1 aliphatic rings. The Labute approximate surface area is 180 Å². The second-order valence-electron chi connectivity index (χ2n) is 6.33. The molecular formula is C18H11ClF6N2O5. The van der Waals surface area contributed by atoms with Crippen molar-refractivity contribution in [1.29, 1.82) is 0 Å². The molecule has 172 valence electrons. The van der Waals surface area contributed by atoms with E-state index in [-0.39, 0.29) is 17.8 Å². The summed E-state index contributed by atoms with van der Waals surface area (Å²) in [6.45, 7) is -1.23. The monoisotopic (exact) mass is 484 g/mol.